The van der Waals surface area contributed by atoms with Crippen LogP contribution in [0.5, 0.6) is 6.01 Å². The van der Waals surface area contributed by atoms with Crippen molar-refractivity contribution in [1.82, 2.24) is 14.9 Å². The minimum Gasteiger partial charge on any atom is -0.459 e. The molecule has 1 aliphatic heterocycles. The van der Waals surface area contributed by atoms with Gasteiger partial charge in [0.1, 0.15) is 6.10 Å². The third kappa shape index (κ3) is 4.11. The maximum Gasteiger partial charge on any atom is 0.316 e. The summed E-state index contributed by atoms with van der Waals surface area (Å²) in [6, 6.07) is 2.28. The van der Waals surface area contributed by atoms with E-state index in [1.807, 2.05) is 6.08 Å². The van der Waals surface area contributed by atoms with E-state index in [0.717, 1.165) is 19.4 Å². The van der Waals surface area contributed by atoms with Crippen molar-refractivity contribution in [2.75, 3.05) is 19.6 Å². The lowest BCUT2D eigenvalue weighted by molar-refractivity contribution is 0.129. The molecule has 1 fully saturated rings. The summed E-state index contributed by atoms with van der Waals surface area (Å²) in [4.78, 5) is 10.7. The van der Waals surface area contributed by atoms with Gasteiger partial charge in [0.05, 0.1) is 0 Å². The fraction of sp³-hybridized carbons (Fsp3) is 0.571. The summed E-state index contributed by atoms with van der Waals surface area (Å²) >= 11 is 0. The van der Waals surface area contributed by atoms with E-state index in [1.54, 1.807) is 18.5 Å². The average molecular weight is 247 g/mol. The van der Waals surface area contributed by atoms with Crippen LogP contribution >= 0.6 is 0 Å². The maximum absolute atomic E-state index is 5.87. The van der Waals surface area contributed by atoms with Gasteiger partial charge in [0.2, 0.25) is 0 Å². The number of aromatic nitrogens is 2. The molecule has 0 saturated carbocycles. The summed E-state index contributed by atoms with van der Waals surface area (Å²) in [6.07, 6.45) is 10.1. The molecule has 0 bridgehead atoms. The second-order valence-corrected chi connectivity index (χ2v) is 4.64. The first-order valence-electron chi connectivity index (χ1n) is 6.65. The quantitative estimate of drug-likeness (QED) is 0.693. The zero-order chi connectivity index (χ0) is 12.6. The van der Waals surface area contributed by atoms with Crippen molar-refractivity contribution in [3.8, 4) is 6.01 Å². The SMILES string of the molecule is C=CCC[C@H](CN1CCCC1)Oc1ncccn1. The van der Waals surface area contributed by atoms with E-state index in [4.69, 9.17) is 4.74 Å². The molecule has 2 heterocycles. The number of ether oxygens (including phenoxy) is 1. The molecule has 0 N–H and O–H groups in total. The molecule has 0 spiro atoms. The Morgan fingerprint density at radius 2 is 2.06 bits per heavy atom. The van der Waals surface area contributed by atoms with Gasteiger partial charge < -0.3 is 4.74 Å². The molecule has 4 nitrogen and oxygen atoms in total. The largest absolute Gasteiger partial charge is 0.459 e. The molecule has 1 aromatic heterocycles. The summed E-state index contributed by atoms with van der Waals surface area (Å²) in [5.74, 6) is 0. The van der Waals surface area contributed by atoms with E-state index in [-0.39, 0.29) is 6.10 Å². The number of likely N-dealkylation sites (tertiary alicyclic amines) is 1. The van der Waals surface area contributed by atoms with Gasteiger partial charge in [-0.05, 0) is 44.8 Å². The van der Waals surface area contributed by atoms with Gasteiger partial charge in [-0.2, -0.15) is 0 Å². The van der Waals surface area contributed by atoms with Crippen LogP contribution < -0.4 is 4.74 Å². The van der Waals surface area contributed by atoms with Gasteiger partial charge in [-0.25, -0.2) is 9.97 Å². The van der Waals surface area contributed by atoms with Gasteiger partial charge >= 0.3 is 6.01 Å². The Bertz CT molecular complexity index is 349. The Morgan fingerprint density at radius 3 is 2.72 bits per heavy atom. The molecule has 0 aliphatic carbocycles. The van der Waals surface area contributed by atoms with E-state index in [0.29, 0.717) is 6.01 Å². The maximum atomic E-state index is 5.87. The van der Waals surface area contributed by atoms with E-state index < -0.39 is 0 Å². The molecule has 4 heteroatoms. The van der Waals surface area contributed by atoms with Gasteiger partial charge in [0.15, 0.2) is 0 Å². The molecule has 2 rings (SSSR count). The molecule has 1 aromatic rings. The zero-order valence-corrected chi connectivity index (χ0v) is 10.8. The third-order valence-corrected chi connectivity index (χ3v) is 3.17. The lowest BCUT2D eigenvalue weighted by atomic mass is 10.2. The van der Waals surface area contributed by atoms with Crippen molar-refractivity contribution in [2.24, 2.45) is 0 Å². The van der Waals surface area contributed by atoms with Gasteiger partial charge in [-0.3, -0.25) is 4.90 Å². The molecule has 18 heavy (non-hydrogen) atoms. The van der Waals surface area contributed by atoms with Gasteiger partial charge in [0.25, 0.3) is 0 Å². The standard InChI is InChI=1S/C14H21N3O/c1-2-3-7-13(12-17-10-4-5-11-17)18-14-15-8-6-9-16-14/h2,6,8-9,13H,1,3-5,7,10-12H2/t13-/m1/s1. The number of rotatable bonds is 7. The minimum absolute atomic E-state index is 0.156. The Kier molecular flexibility index (Phi) is 5.15. The van der Waals surface area contributed by atoms with Crippen molar-refractivity contribution in [2.45, 2.75) is 31.8 Å². The highest BCUT2D eigenvalue weighted by molar-refractivity contribution is 4.95. The van der Waals surface area contributed by atoms with E-state index in [1.165, 1.54) is 25.9 Å². The highest BCUT2D eigenvalue weighted by Crippen LogP contribution is 2.13. The second kappa shape index (κ2) is 7.11. The highest BCUT2D eigenvalue weighted by Gasteiger charge is 2.19. The molecular weight excluding hydrogens is 226 g/mol. The van der Waals surface area contributed by atoms with Gasteiger partial charge in [-0.15, -0.1) is 6.58 Å². The second-order valence-electron chi connectivity index (χ2n) is 4.64. The van der Waals surface area contributed by atoms with Crippen LogP contribution in [-0.4, -0.2) is 40.6 Å². The molecule has 1 saturated heterocycles. The average Bonchev–Trinajstić information content (AvgIpc) is 2.90. The summed E-state index contributed by atoms with van der Waals surface area (Å²) < 4.78 is 5.87. The first kappa shape index (κ1) is 13.0. The number of hydrogen-bond acceptors (Lipinski definition) is 4. The molecule has 1 atom stereocenters. The lowest BCUT2D eigenvalue weighted by Crippen LogP contribution is -2.34. The van der Waals surface area contributed by atoms with Crippen molar-refractivity contribution < 1.29 is 4.74 Å². The fourth-order valence-electron chi connectivity index (χ4n) is 2.24. The summed E-state index contributed by atoms with van der Waals surface area (Å²) in [5.41, 5.74) is 0. The molecular formula is C14H21N3O. The van der Waals surface area contributed by atoms with Gasteiger partial charge in [0, 0.05) is 18.9 Å². The lowest BCUT2D eigenvalue weighted by Gasteiger charge is -2.23. The number of allylic oxidation sites excluding steroid dienone is 1. The molecule has 0 radical (unpaired) electrons. The van der Waals surface area contributed by atoms with Crippen LogP contribution in [0.15, 0.2) is 31.1 Å². The van der Waals surface area contributed by atoms with Crippen LogP contribution in [0, 0.1) is 0 Å². The zero-order valence-electron chi connectivity index (χ0n) is 10.8. The van der Waals surface area contributed by atoms with Crippen molar-refractivity contribution in [3.63, 3.8) is 0 Å². The monoisotopic (exact) mass is 247 g/mol. The third-order valence-electron chi connectivity index (χ3n) is 3.17. The topological polar surface area (TPSA) is 38.2 Å². The van der Waals surface area contributed by atoms with Crippen LogP contribution in [0.2, 0.25) is 0 Å². The van der Waals surface area contributed by atoms with Gasteiger partial charge in [-0.1, -0.05) is 6.08 Å². The predicted octanol–water partition coefficient (Wildman–Crippen LogP) is 2.29. The predicted molar refractivity (Wildman–Crippen MR) is 71.6 cm³/mol. The van der Waals surface area contributed by atoms with Crippen molar-refractivity contribution >= 4 is 0 Å². The van der Waals surface area contributed by atoms with Crippen LogP contribution in [-0.2, 0) is 0 Å². The highest BCUT2D eigenvalue weighted by atomic mass is 16.5. The van der Waals surface area contributed by atoms with Crippen molar-refractivity contribution in [1.29, 1.82) is 0 Å². The van der Waals surface area contributed by atoms with E-state index in [2.05, 4.69) is 21.4 Å². The van der Waals surface area contributed by atoms with Crippen LogP contribution in [0.4, 0.5) is 0 Å². The Hall–Kier alpha value is -1.42. The summed E-state index contributed by atoms with van der Waals surface area (Å²) in [5, 5.41) is 0. The molecule has 0 amide bonds. The molecule has 0 unspecified atom stereocenters. The number of nitrogens with zero attached hydrogens (tertiary/aromatic N) is 3. The van der Waals surface area contributed by atoms with Crippen LogP contribution in [0.3, 0.4) is 0 Å². The fourth-order valence-corrected chi connectivity index (χ4v) is 2.24. The van der Waals surface area contributed by atoms with Crippen LogP contribution in [0.25, 0.3) is 0 Å². The Morgan fingerprint density at radius 1 is 1.33 bits per heavy atom. The van der Waals surface area contributed by atoms with Crippen molar-refractivity contribution in [3.05, 3.63) is 31.1 Å². The molecule has 98 valence electrons. The molecule has 0 aromatic carbocycles. The van der Waals surface area contributed by atoms with Crippen LogP contribution in [0.1, 0.15) is 25.7 Å². The minimum atomic E-state index is 0.156. The normalized spacial score (nSPS) is 17.6. The van der Waals surface area contributed by atoms with E-state index in [9.17, 15) is 0 Å². The summed E-state index contributed by atoms with van der Waals surface area (Å²) in [7, 11) is 0. The smallest absolute Gasteiger partial charge is 0.316 e. The van der Waals surface area contributed by atoms with E-state index >= 15 is 0 Å². The molecule has 1 aliphatic rings. The first-order chi connectivity index (χ1) is 8.88. The Labute approximate surface area is 109 Å². The Balaban J connectivity index is 1.89. The summed E-state index contributed by atoms with van der Waals surface area (Å²) in [6.45, 7) is 7.10. The number of hydrogen-bond donors (Lipinski definition) is 0. The first-order valence-corrected chi connectivity index (χ1v) is 6.65.